The SMILES string of the molecule is CCC(=Cc1oc2ccc(-c3ccccc3)cc2[n+]1CCCSOOO)C=C1Sc2ccc(Cl)cc2N1CCCS(=O)(=O)O. The van der Waals surface area contributed by atoms with Crippen LogP contribution < -0.4 is 9.47 Å². The molecule has 1 aliphatic heterocycles. The Kier molecular flexibility index (Phi) is 11.1. The number of aryl methyl sites for hydroxylation is 1. The molecule has 2 heterocycles. The summed E-state index contributed by atoms with van der Waals surface area (Å²) in [6, 6.07) is 22.0. The summed E-state index contributed by atoms with van der Waals surface area (Å²) in [6.07, 6.45) is 5.80. The predicted molar refractivity (Wildman–Crippen MR) is 176 cm³/mol. The topological polar surface area (TPSA) is 113 Å². The highest BCUT2D eigenvalue weighted by Crippen LogP contribution is 2.47. The van der Waals surface area contributed by atoms with E-state index in [1.54, 1.807) is 11.8 Å². The third-order valence-corrected chi connectivity index (χ3v) is 9.79. The highest BCUT2D eigenvalue weighted by atomic mass is 35.5. The quantitative estimate of drug-likeness (QED) is 0.0340. The second kappa shape index (κ2) is 15.0. The average Bonchev–Trinajstić information content (AvgIpc) is 3.52. The van der Waals surface area contributed by atoms with Gasteiger partial charge in [-0.05, 0) is 59.9 Å². The molecular formula is C31H32ClN2O7S3+. The second-order valence-corrected chi connectivity index (χ2v) is 13.9. The molecule has 3 aromatic carbocycles. The number of benzene rings is 3. The van der Waals surface area contributed by atoms with Crippen LogP contribution in [-0.2, 0) is 26.0 Å². The molecule has 0 amide bonds. The Balaban J connectivity index is 1.51. The molecule has 4 aromatic rings. The number of allylic oxidation sites excluding steroid dienone is 2. The Bertz CT molecular complexity index is 1780. The van der Waals surface area contributed by atoms with Crippen LogP contribution >= 0.6 is 35.4 Å². The first-order chi connectivity index (χ1) is 21.3. The Labute approximate surface area is 269 Å². The van der Waals surface area contributed by atoms with Crippen molar-refractivity contribution in [2.75, 3.05) is 23.0 Å². The first-order valence-electron chi connectivity index (χ1n) is 14.0. The molecule has 0 unspecified atom stereocenters. The van der Waals surface area contributed by atoms with Crippen LogP contribution in [0, 0.1) is 0 Å². The van der Waals surface area contributed by atoms with Crippen molar-refractivity contribution in [3.8, 4) is 11.1 Å². The van der Waals surface area contributed by atoms with Crippen molar-refractivity contribution in [1.82, 2.24) is 0 Å². The molecule has 1 aromatic heterocycles. The maximum Gasteiger partial charge on any atom is 0.374 e. The fourth-order valence-electron chi connectivity index (χ4n) is 4.97. The van der Waals surface area contributed by atoms with Crippen LogP contribution in [0.1, 0.15) is 32.1 Å². The average molecular weight is 676 g/mol. The van der Waals surface area contributed by atoms with Gasteiger partial charge >= 0.3 is 5.89 Å². The smallest absolute Gasteiger partial charge is 0.374 e. The summed E-state index contributed by atoms with van der Waals surface area (Å²) in [5.74, 6) is 0.943. The molecule has 0 atom stereocenters. The number of aromatic nitrogens is 1. The van der Waals surface area contributed by atoms with Crippen LogP contribution in [0.2, 0.25) is 5.02 Å². The van der Waals surface area contributed by atoms with Gasteiger partial charge in [-0.25, -0.2) is 5.26 Å². The van der Waals surface area contributed by atoms with Crippen LogP contribution in [0.4, 0.5) is 5.69 Å². The Morgan fingerprint density at radius 2 is 1.93 bits per heavy atom. The number of fused-ring (bicyclic) bond motifs is 2. The first-order valence-corrected chi connectivity index (χ1v) is 17.7. The lowest BCUT2D eigenvalue weighted by atomic mass is 10.1. The zero-order valence-corrected chi connectivity index (χ0v) is 27.1. The van der Waals surface area contributed by atoms with Gasteiger partial charge in [0.05, 0.1) is 22.5 Å². The minimum atomic E-state index is -4.07. The molecule has 0 aliphatic carbocycles. The lowest BCUT2D eigenvalue weighted by Gasteiger charge is -2.20. The number of rotatable bonds is 14. The van der Waals surface area contributed by atoms with Crippen LogP contribution in [0.25, 0.3) is 28.3 Å². The van der Waals surface area contributed by atoms with E-state index in [1.165, 1.54) is 0 Å². The van der Waals surface area contributed by atoms with Gasteiger partial charge in [0.2, 0.25) is 5.58 Å². The number of hydrogen-bond donors (Lipinski definition) is 2. The van der Waals surface area contributed by atoms with E-state index in [9.17, 15) is 13.0 Å². The molecular weight excluding hydrogens is 644 g/mol. The summed E-state index contributed by atoms with van der Waals surface area (Å²) >= 11 is 8.91. The lowest BCUT2D eigenvalue weighted by molar-refractivity contribution is -0.677. The third-order valence-electron chi connectivity index (χ3n) is 7.03. The van der Waals surface area contributed by atoms with E-state index < -0.39 is 10.1 Å². The number of nitrogens with zero attached hydrogens (tertiary/aromatic N) is 2. The molecule has 0 radical (unpaired) electrons. The zero-order chi connectivity index (χ0) is 31.1. The van der Waals surface area contributed by atoms with E-state index >= 15 is 0 Å². The van der Waals surface area contributed by atoms with Crippen molar-refractivity contribution in [3.05, 3.63) is 94.3 Å². The van der Waals surface area contributed by atoms with E-state index in [1.807, 2.05) is 59.5 Å². The van der Waals surface area contributed by atoms with Crippen molar-refractivity contribution >= 4 is 68.4 Å². The molecule has 0 saturated carbocycles. The van der Waals surface area contributed by atoms with Crippen LogP contribution in [0.15, 0.2) is 92.7 Å². The van der Waals surface area contributed by atoms with Crippen molar-refractivity contribution in [2.45, 2.75) is 37.6 Å². The van der Waals surface area contributed by atoms with E-state index in [2.05, 4.69) is 45.1 Å². The molecule has 9 nitrogen and oxygen atoms in total. The van der Waals surface area contributed by atoms with Gasteiger partial charge in [-0.2, -0.15) is 13.0 Å². The minimum absolute atomic E-state index is 0.254. The van der Waals surface area contributed by atoms with Gasteiger partial charge in [0.25, 0.3) is 15.6 Å². The molecule has 232 valence electrons. The number of anilines is 1. The number of oxazole rings is 1. The van der Waals surface area contributed by atoms with E-state index in [0.29, 0.717) is 36.2 Å². The van der Waals surface area contributed by atoms with E-state index in [0.717, 1.165) is 61.9 Å². The van der Waals surface area contributed by atoms with Crippen LogP contribution in [-0.4, -0.2) is 36.3 Å². The highest BCUT2D eigenvalue weighted by Gasteiger charge is 2.27. The van der Waals surface area contributed by atoms with Crippen LogP contribution in [0.5, 0.6) is 0 Å². The molecule has 1 aliphatic rings. The fraction of sp³-hybridized carbons (Fsp3) is 0.258. The van der Waals surface area contributed by atoms with Gasteiger partial charge < -0.3 is 9.32 Å². The number of thioether (sulfide) groups is 1. The van der Waals surface area contributed by atoms with Crippen molar-refractivity contribution in [1.29, 1.82) is 0 Å². The monoisotopic (exact) mass is 675 g/mol. The van der Waals surface area contributed by atoms with Crippen molar-refractivity contribution in [2.24, 2.45) is 0 Å². The molecule has 0 bridgehead atoms. The Morgan fingerprint density at radius 3 is 2.68 bits per heavy atom. The summed E-state index contributed by atoms with van der Waals surface area (Å²) in [6.45, 7) is 3.10. The minimum Gasteiger partial charge on any atom is -0.398 e. The lowest BCUT2D eigenvalue weighted by Crippen LogP contribution is -2.35. The number of hydrogen-bond acceptors (Lipinski definition) is 9. The summed E-state index contributed by atoms with van der Waals surface area (Å²) in [7, 11) is -4.07. The van der Waals surface area contributed by atoms with Crippen LogP contribution in [0.3, 0.4) is 0 Å². The molecule has 13 heteroatoms. The molecule has 5 rings (SSSR count). The van der Waals surface area contributed by atoms with E-state index in [4.69, 9.17) is 21.3 Å². The van der Waals surface area contributed by atoms with Gasteiger partial charge in [0, 0.05) is 46.7 Å². The maximum absolute atomic E-state index is 11.4. The molecule has 0 spiro atoms. The molecule has 44 heavy (non-hydrogen) atoms. The summed E-state index contributed by atoms with van der Waals surface area (Å²) in [4.78, 5) is 3.06. The largest absolute Gasteiger partial charge is 0.398 e. The molecule has 0 fully saturated rings. The predicted octanol–water partition coefficient (Wildman–Crippen LogP) is 8.03. The van der Waals surface area contributed by atoms with Gasteiger partial charge in [-0.1, -0.05) is 71.7 Å². The maximum atomic E-state index is 11.4. The number of halogens is 1. The summed E-state index contributed by atoms with van der Waals surface area (Å²) in [5, 5.41) is 13.7. The zero-order valence-electron chi connectivity index (χ0n) is 23.9. The third kappa shape index (κ3) is 8.26. The highest BCUT2D eigenvalue weighted by molar-refractivity contribution is 8.03. The normalized spacial score (nSPS) is 14.6. The van der Waals surface area contributed by atoms with Gasteiger partial charge in [-0.3, -0.25) is 4.55 Å². The first kappa shape index (κ1) is 32.6. The molecule has 0 saturated heterocycles. The van der Waals surface area contributed by atoms with Crippen molar-refractivity contribution < 1.29 is 36.6 Å². The Morgan fingerprint density at radius 1 is 1.11 bits per heavy atom. The summed E-state index contributed by atoms with van der Waals surface area (Å²) < 4.78 is 45.2. The van der Waals surface area contributed by atoms with E-state index in [-0.39, 0.29) is 12.2 Å². The van der Waals surface area contributed by atoms with Gasteiger partial charge in [0.1, 0.15) is 0 Å². The van der Waals surface area contributed by atoms with Crippen molar-refractivity contribution in [3.63, 3.8) is 0 Å². The Hall–Kier alpha value is -2.81. The summed E-state index contributed by atoms with van der Waals surface area (Å²) in [5.41, 5.74) is 5.80. The fourth-order valence-corrected chi connectivity index (χ4v) is 7.13. The second-order valence-electron chi connectivity index (χ2n) is 10.0. The standard InChI is InChI=1S/C31H31ClN2O7S3/c1-2-22(19-31-34(15-7-17-44(36,37)38)27-21-25(32)11-13-29(27)43-31)18-30-33(14-6-16-42-41-40-35)26-20-24(10-12-28(26)39-30)23-8-4-3-5-9-23/h3-5,8-13,18-21H,2,6-7,14-17H2,1H3,(H-,35,36,37,38)/p+1. The molecule has 2 N–H and O–H groups in total. The van der Waals surface area contributed by atoms with Gasteiger partial charge in [-0.15, -0.1) is 4.33 Å². The van der Waals surface area contributed by atoms with Gasteiger partial charge in [0.15, 0.2) is 6.54 Å².